The summed E-state index contributed by atoms with van der Waals surface area (Å²) < 4.78 is 42.3. The molecular weight excluding hydrogens is 454 g/mol. The SMILES string of the molecule is C#Cc1c(F)ccc2cc(O)cc(-c3nc4c5c(cc(OC)nc5c3F)N3CCNC[C@H]3CO4)c12. The van der Waals surface area contributed by atoms with E-state index in [1.165, 1.54) is 31.4 Å². The Morgan fingerprint density at radius 2 is 2.09 bits per heavy atom. The topological polar surface area (TPSA) is 79.7 Å². The number of phenolic OH excluding ortho intramolecular Hbond substituents is 1. The number of nitrogens with one attached hydrogen (secondary N) is 1. The third-order valence-corrected chi connectivity index (χ3v) is 6.55. The quantitative estimate of drug-likeness (QED) is 0.430. The molecule has 2 aromatic carbocycles. The fourth-order valence-corrected chi connectivity index (χ4v) is 4.97. The van der Waals surface area contributed by atoms with Crippen molar-refractivity contribution in [3.05, 3.63) is 47.5 Å². The maximum Gasteiger partial charge on any atom is 0.225 e. The Kier molecular flexibility index (Phi) is 4.86. The molecule has 6 rings (SSSR count). The monoisotopic (exact) mass is 474 g/mol. The minimum atomic E-state index is -0.750. The van der Waals surface area contributed by atoms with Crippen molar-refractivity contribution in [2.45, 2.75) is 6.04 Å². The van der Waals surface area contributed by atoms with Gasteiger partial charge in [0.25, 0.3) is 0 Å². The van der Waals surface area contributed by atoms with E-state index in [2.05, 4.69) is 26.1 Å². The van der Waals surface area contributed by atoms with Gasteiger partial charge in [0.1, 0.15) is 29.4 Å². The zero-order valence-electron chi connectivity index (χ0n) is 18.7. The molecule has 2 N–H and O–H groups in total. The lowest BCUT2D eigenvalue weighted by molar-refractivity contribution is 0.266. The number of methoxy groups -OCH3 is 1. The predicted molar refractivity (Wildman–Crippen MR) is 128 cm³/mol. The molecule has 2 aliphatic heterocycles. The molecule has 35 heavy (non-hydrogen) atoms. The third kappa shape index (κ3) is 3.21. The average molecular weight is 474 g/mol. The van der Waals surface area contributed by atoms with Crippen LogP contribution in [0.15, 0.2) is 30.3 Å². The number of terminal acetylenes is 1. The number of pyridine rings is 2. The smallest absolute Gasteiger partial charge is 0.225 e. The van der Waals surface area contributed by atoms with E-state index >= 15 is 4.39 Å². The van der Waals surface area contributed by atoms with Crippen LogP contribution in [0.25, 0.3) is 32.9 Å². The van der Waals surface area contributed by atoms with Gasteiger partial charge in [-0.25, -0.2) is 18.7 Å². The number of halogens is 2. The zero-order valence-corrected chi connectivity index (χ0v) is 18.7. The molecule has 0 saturated carbocycles. The second-order valence-electron chi connectivity index (χ2n) is 8.51. The minimum Gasteiger partial charge on any atom is -0.508 e. The molecule has 4 heterocycles. The van der Waals surface area contributed by atoms with E-state index < -0.39 is 11.6 Å². The van der Waals surface area contributed by atoms with Crippen LogP contribution in [-0.4, -0.2) is 54.5 Å². The van der Waals surface area contributed by atoms with E-state index in [1.54, 1.807) is 6.07 Å². The van der Waals surface area contributed by atoms with Crippen molar-refractivity contribution in [3.63, 3.8) is 0 Å². The van der Waals surface area contributed by atoms with E-state index in [9.17, 15) is 9.50 Å². The first-order valence-corrected chi connectivity index (χ1v) is 11.1. The highest BCUT2D eigenvalue weighted by Crippen LogP contribution is 2.44. The summed E-state index contributed by atoms with van der Waals surface area (Å²) in [4.78, 5) is 11.1. The largest absolute Gasteiger partial charge is 0.508 e. The summed E-state index contributed by atoms with van der Waals surface area (Å²) in [6.45, 7) is 2.47. The molecule has 0 aliphatic carbocycles. The van der Waals surface area contributed by atoms with Gasteiger partial charge >= 0.3 is 0 Å². The van der Waals surface area contributed by atoms with Gasteiger partial charge in [0.05, 0.1) is 29.8 Å². The number of aromatic hydroxyl groups is 1. The first kappa shape index (κ1) is 21.4. The summed E-state index contributed by atoms with van der Waals surface area (Å²) >= 11 is 0. The highest BCUT2D eigenvalue weighted by Gasteiger charge is 2.33. The van der Waals surface area contributed by atoms with Crippen LogP contribution in [0.4, 0.5) is 14.5 Å². The summed E-state index contributed by atoms with van der Waals surface area (Å²) in [5.41, 5.74) is 0.670. The number of benzene rings is 2. The van der Waals surface area contributed by atoms with Crippen LogP contribution in [0.1, 0.15) is 5.56 Å². The number of fused-ring (bicyclic) bond motifs is 3. The van der Waals surface area contributed by atoms with Gasteiger partial charge in [-0.3, -0.25) is 0 Å². The fraction of sp³-hybridized carbons (Fsp3) is 0.231. The Labute approximate surface area is 199 Å². The number of nitrogens with zero attached hydrogens (tertiary/aromatic N) is 3. The molecule has 1 saturated heterocycles. The minimum absolute atomic E-state index is 0.00325. The summed E-state index contributed by atoms with van der Waals surface area (Å²) in [7, 11) is 1.47. The van der Waals surface area contributed by atoms with Crippen molar-refractivity contribution in [3.8, 4) is 41.1 Å². The Bertz CT molecular complexity index is 1570. The number of hydrogen-bond donors (Lipinski definition) is 2. The van der Waals surface area contributed by atoms with Gasteiger partial charge < -0.3 is 24.8 Å². The molecule has 0 unspecified atom stereocenters. The number of phenols is 1. The molecule has 1 atom stereocenters. The van der Waals surface area contributed by atoms with Crippen LogP contribution in [0.2, 0.25) is 0 Å². The molecule has 1 fully saturated rings. The van der Waals surface area contributed by atoms with Crippen LogP contribution in [0.5, 0.6) is 17.5 Å². The van der Waals surface area contributed by atoms with Gasteiger partial charge in [0, 0.05) is 36.7 Å². The van der Waals surface area contributed by atoms with Crippen LogP contribution in [-0.2, 0) is 0 Å². The van der Waals surface area contributed by atoms with Crippen molar-refractivity contribution in [2.24, 2.45) is 0 Å². The molecule has 2 aliphatic rings. The fourth-order valence-electron chi connectivity index (χ4n) is 4.97. The standard InChI is InChI=1S/C26H20F2N4O3/c1-3-16-18(27)5-4-13-8-15(33)9-17(21(13)16)24-23(28)25-22-19(10-20(30-25)34-2)32-7-6-29-11-14(32)12-35-26(22)31-24/h1,4-5,8-10,14,29,33H,6-7,11-12H2,2H3/t14-/m0/s1. The molecular formula is C26H20F2N4O3. The molecule has 4 aromatic rings. The summed E-state index contributed by atoms with van der Waals surface area (Å²) in [6, 6.07) is 7.21. The van der Waals surface area contributed by atoms with Crippen molar-refractivity contribution in [1.29, 1.82) is 0 Å². The molecule has 0 bridgehead atoms. The summed E-state index contributed by atoms with van der Waals surface area (Å²) in [5, 5.41) is 14.9. The Morgan fingerprint density at radius 3 is 2.89 bits per heavy atom. The lowest BCUT2D eigenvalue weighted by Crippen LogP contribution is -2.53. The van der Waals surface area contributed by atoms with Gasteiger partial charge in [-0.05, 0) is 23.6 Å². The molecule has 7 nitrogen and oxygen atoms in total. The van der Waals surface area contributed by atoms with Crippen molar-refractivity contribution < 1.29 is 23.4 Å². The molecule has 0 radical (unpaired) electrons. The normalized spacial score (nSPS) is 17.0. The van der Waals surface area contributed by atoms with E-state index in [-0.39, 0.29) is 51.3 Å². The number of ether oxygens (including phenoxy) is 2. The Balaban J connectivity index is 1.71. The van der Waals surface area contributed by atoms with Crippen molar-refractivity contribution in [2.75, 3.05) is 38.3 Å². The Hall–Kier alpha value is -4.16. The van der Waals surface area contributed by atoms with Crippen LogP contribution in [0, 0.1) is 24.0 Å². The van der Waals surface area contributed by atoms with Gasteiger partial charge in [0.15, 0.2) is 5.82 Å². The molecule has 9 heteroatoms. The van der Waals surface area contributed by atoms with E-state index in [4.69, 9.17) is 15.9 Å². The van der Waals surface area contributed by atoms with Gasteiger partial charge in [-0.1, -0.05) is 12.0 Å². The second-order valence-corrected chi connectivity index (χ2v) is 8.51. The molecule has 176 valence electrons. The van der Waals surface area contributed by atoms with Crippen LogP contribution in [0.3, 0.4) is 0 Å². The number of rotatable bonds is 2. The summed E-state index contributed by atoms with van der Waals surface area (Å²) in [5.74, 6) is 1.27. The number of hydrogen-bond acceptors (Lipinski definition) is 7. The lowest BCUT2D eigenvalue weighted by atomic mass is 9.95. The van der Waals surface area contributed by atoms with Crippen LogP contribution >= 0.6 is 0 Å². The van der Waals surface area contributed by atoms with Gasteiger partial charge in [0.2, 0.25) is 11.8 Å². The second kappa shape index (κ2) is 7.96. The lowest BCUT2D eigenvalue weighted by Gasteiger charge is -2.36. The van der Waals surface area contributed by atoms with E-state index in [1.807, 2.05) is 0 Å². The van der Waals surface area contributed by atoms with Gasteiger partial charge in [-0.2, -0.15) is 0 Å². The number of piperazine rings is 1. The number of aromatic nitrogens is 2. The van der Waals surface area contributed by atoms with E-state index in [0.717, 1.165) is 12.2 Å². The molecule has 2 aromatic heterocycles. The highest BCUT2D eigenvalue weighted by molar-refractivity contribution is 6.04. The first-order chi connectivity index (χ1) is 17.0. The van der Waals surface area contributed by atoms with Gasteiger partial charge in [-0.15, -0.1) is 6.42 Å². The highest BCUT2D eigenvalue weighted by atomic mass is 19.1. The summed E-state index contributed by atoms with van der Waals surface area (Å²) in [6.07, 6.45) is 5.61. The Morgan fingerprint density at radius 1 is 1.23 bits per heavy atom. The number of anilines is 1. The maximum atomic E-state index is 16.3. The molecule has 0 amide bonds. The third-order valence-electron chi connectivity index (χ3n) is 6.55. The van der Waals surface area contributed by atoms with E-state index in [0.29, 0.717) is 30.5 Å². The van der Waals surface area contributed by atoms with Crippen molar-refractivity contribution >= 4 is 27.4 Å². The van der Waals surface area contributed by atoms with Crippen LogP contribution < -0.4 is 19.7 Å². The zero-order chi connectivity index (χ0) is 24.3. The van der Waals surface area contributed by atoms with Crippen molar-refractivity contribution in [1.82, 2.24) is 15.3 Å². The predicted octanol–water partition coefficient (Wildman–Crippen LogP) is 3.59. The maximum absolute atomic E-state index is 16.3. The first-order valence-electron chi connectivity index (χ1n) is 11.1. The average Bonchev–Trinajstić information content (AvgIpc) is 3.03. The molecule has 0 spiro atoms.